The molecule has 2 rings (SSSR count). The van der Waals surface area contributed by atoms with Crippen LogP contribution in [-0.4, -0.2) is 18.2 Å². The topological polar surface area (TPSA) is 87.3 Å². The van der Waals surface area contributed by atoms with Crippen molar-refractivity contribution < 1.29 is 4.74 Å². The van der Waals surface area contributed by atoms with E-state index in [4.69, 9.17) is 10.5 Å². The van der Waals surface area contributed by atoms with Gasteiger partial charge in [-0.15, -0.1) is 0 Å². The summed E-state index contributed by atoms with van der Waals surface area (Å²) < 4.78 is 6.25. The van der Waals surface area contributed by atoms with Gasteiger partial charge < -0.3 is 10.5 Å². The average Bonchev–Trinajstić information content (AvgIpc) is 2.81. The van der Waals surface area contributed by atoms with Crippen LogP contribution in [0.2, 0.25) is 0 Å². The molecule has 6 N–H and O–H groups in total. The van der Waals surface area contributed by atoms with E-state index in [1.807, 2.05) is 0 Å². The Balaban J connectivity index is 0.000000771. The number of ether oxygens (including phenoxy) is 1. The van der Waals surface area contributed by atoms with Crippen LogP contribution in [0.15, 0.2) is 0 Å². The van der Waals surface area contributed by atoms with Crippen LogP contribution < -0.4 is 17.4 Å². The van der Waals surface area contributed by atoms with Gasteiger partial charge in [0, 0.05) is 5.92 Å². The first-order valence-corrected chi connectivity index (χ1v) is 7.04. The van der Waals surface area contributed by atoms with Crippen molar-refractivity contribution in [2.45, 2.75) is 65.1 Å². The minimum absolute atomic E-state index is 0.0431. The molecule has 3 unspecified atom stereocenters. The Morgan fingerprint density at radius 2 is 1.72 bits per heavy atom. The second-order valence-electron chi connectivity index (χ2n) is 7.21. The van der Waals surface area contributed by atoms with Crippen molar-refractivity contribution in [3.8, 4) is 0 Å². The van der Waals surface area contributed by atoms with Gasteiger partial charge in [0.25, 0.3) is 0 Å². The molecule has 0 spiro atoms. The highest BCUT2D eigenvalue weighted by Gasteiger charge is 2.46. The van der Waals surface area contributed by atoms with E-state index in [0.29, 0.717) is 17.4 Å². The summed E-state index contributed by atoms with van der Waals surface area (Å²) in [6.07, 6.45) is 5.52. The van der Waals surface area contributed by atoms with Gasteiger partial charge in [-0.2, -0.15) is 0 Å². The van der Waals surface area contributed by atoms with Crippen LogP contribution in [-0.2, 0) is 4.74 Å². The van der Waals surface area contributed by atoms with Gasteiger partial charge in [-0.1, -0.05) is 13.8 Å². The van der Waals surface area contributed by atoms with Gasteiger partial charge >= 0.3 is 0 Å². The predicted molar refractivity (Wildman–Crippen MR) is 75.6 cm³/mol. The fraction of sp³-hybridized carbons (Fsp3) is 1.00. The van der Waals surface area contributed by atoms with Crippen LogP contribution >= 0.6 is 0 Å². The lowest BCUT2D eigenvalue weighted by atomic mass is 9.84. The molecule has 18 heavy (non-hydrogen) atoms. The molecule has 0 amide bonds. The van der Waals surface area contributed by atoms with Crippen molar-refractivity contribution in [1.82, 2.24) is 0 Å². The molecule has 4 heteroatoms. The summed E-state index contributed by atoms with van der Waals surface area (Å²) in [5.41, 5.74) is 6.46. The van der Waals surface area contributed by atoms with Crippen LogP contribution in [0.3, 0.4) is 0 Å². The maximum absolute atomic E-state index is 6.25. The largest absolute Gasteiger partial charge is 0.372 e. The Hall–Kier alpha value is -0.160. The molecular formula is C14H31N3O. The number of rotatable bonds is 2. The second kappa shape index (κ2) is 5.87. The predicted octanol–water partition coefficient (Wildman–Crippen LogP) is 1.77. The first kappa shape index (κ1) is 15.9. The zero-order chi connectivity index (χ0) is 14.0. The van der Waals surface area contributed by atoms with E-state index in [1.54, 1.807) is 0 Å². The van der Waals surface area contributed by atoms with E-state index in [1.165, 1.54) is 19.3 Å². The Bertz CT molecular complexity index is 266. The molecule has 0 aromatic rings. The molecule has 1 heterocycles. The third-order valence-electron chi connectivity index (χ3n) is 4.45. The summed E-state index contributed by atoms with van der Waals surface area (Å²) in [5, 5.41) is 0. The van der Waals surface area contributed by atoms with E-state index in [2.05, 4.69) is 39.4 Å². The summed E-state index contributed by atoms with van der Waals surface area (Å²) in [6, 6.07) is 0. The van der Waals surface area contributed by atoms with Crippen molar-refractivity contribution >= 4 is 0 Å². The van der Waals surface area contributed by atoms with E-state index in [9.17, 15) is 0 Å². The summed E-state index contributed by atoms with van der Waals surface area (Å²) in [4.78, 5) is 0. The van der Waals surface area contributed by atoms with Gasteiger partial charge in [0.1, 0.15) is 0 Å². The van der Waals surface area contributed by atoms with Gasteiger partial charge in [-0.25, -0.2) is 0 Å². The number of hydrazine groups is 1. The number of nitrogens with two attached hydrogens (primary N) is 3. The van der Waals surface area contributed by atoms with Gasteiger partial charge in [0.2, 0.25) is 0 Å². The molecule has 2 aliphatic rings. The molecule has 0 aromatic heterocycles. The molecule has 3 atom stereocenters. The maximum Gasteiger partial charge on any atom is 0.0651 e. The molecule has 0 aromatic carbocycles. The summed E-state index contributed by atoms with van der Waals surface area (Å²) in [5.74, 6) is 9.32. The third kappa shape index (κ3) is 3.67. The number of hydrogen-bond donors (Lipinski definition) is 3. The van der Waals surface area contributed by atoms with Crippen LogP contribution in [0.25, 0.3) is 0 Å². The van der Waals surface area contributed by atoms with Gasteiger partial charge in [0.05, 0.1) is 11.7 Å². The Morgan fingerprint density at radius 3 is 2.17 bits per heavy atom. The normalized spacial score (nSPS) is 37.2. The summed E-state index contributed by atoms with van der Waals surface area (Å²) in [6.45, 7) is 9.95. The highest BCUT2D eigenvalue weighted by molar-refractivity contribution is 4.96. The molecule has 4 nitrogen and oxygen atoms in total. The standard InChI is InChI=1S/C14H27NO.H4N2/c1-13(2)6-5-10(7-13)12-11(9-15)8-14(3,4)16-12;1-2/h10-12H,5-9,15H2,1-4H3;1-2H2. The zero-order valence-corrected chi connectivity index (χ0v) is 12.4. The van der Waals surface area contributed by atoms with E-state index in [0.717, 1.165) is 18.9 Å². The van der Waals surface area contributed by atoms with Crippen molar-refractivity contribution in [3.63, 3.8) is 0 Å². The van der Waals surface area contributed by atoms with Crippen LogP contribution in [0.1, 0.15) is 53.4 Å². The molecule has 0 radical (unpaired) electrons. The molecule has 108 valence electrons. The highest BCUT2D eigenvalue weighted by Crippen LogP contribution is 2.48. The fourth-order valence-corrected chi connectivity index (χ4v) is 3.73. The van der Waals surface area contributed by atoms with Crippen molar-refractivity contribution in [3.05, 3.63) is 0 Å². The van der Waals surface area contributed by atoms with Crippen LogP contribution in [0.4, 0.5) is 0 Å². The Morgan fingerprint density at radius 1 is 1.11 bits per heavy atom. The molecular weight excluding hydrogens is 226 g/mol. The first-order valence-electron chi connectivity index (χ1n) is 7.04. The van der Waals surface area contributed by atoms with Gasteiger partial charge in [-0.05, 0) is 57.4 Å². The van der Waals surface area contributed by atoms with Crippen LogP contribution in [0.5, 0.6) is 0 Å². The van der Waals surface area contributed by atoms with E-state index >= 15 is 0 Å². The maximum atomic E-state index is 6.25. The van der Waals surface area contributed by atoms with Crippen molar-refractivity contribution in [1.29, 1.82) is 0 Å². The smallest absolute Gasteiger partial charge is 0.0651 e. The Kier molecular flexibility index (Phi) is 5.18. The lowest BCUT2D eigenvalue weighted by Crippen LogP contribution is -2.30. The quantitative estimate of drug-likeness (QED) is 0.520. The van der Waals surface area contributed by atoms with E-state index < -0.39 is 0 Å². The lowest BCUT2D eigenvalue weighted by Gasteiger charge is -2.26. The minimum atomic E-state index is 0.0431. The summed E-state index contributed by atoms with van der Waals surface area (Å²) in [7, 11) is 0. The highest BCUT2D eigenvalue weighted by atomic mass is 16.5. The molecule has 1 saturated heterocycles. The molecule has 1 aliphatic heterocycles. The molecule has 0 bridgehead atoms. The monoisotopic (exact) mass is 257 g/mol. The molecule has 1 aliphatic carbocycles. The fourth-order valence-electron chi connectivity index (χ4n) is 3.73. The van der Waals surface area contributed by atoms with Gasteiger partial charge in [0.15, 0.2) is 0 Å². The van der Waals surface area contributed by atoms with Crippen molar-refractivity contribution in [2.24, 2.45) is 34.7 Å². The average molecular weight is 257 g/mol. The van der Waals surface area contributed by atoms with Crippen LogP contribution in [0, 0.1) is 17.3 Å². The molecule has 2 fully saturated rings. The zero-order valence-electron chi connectivity index (χ0n) is 12.4. The van der Waals surface area contributed by atoms with E-state index in [-0.39, 0.29) is 5.60 Å². The summed E-state index contributed by atoms with van der Waals surface area (Å²) >= 11 is 0. The Labute approximate surface area is 112 Å². The third-order valence-corrected chi connectivity index (χ3v) is 4.45. The van der Waals surface area contributed by atoms with Crippen molar-refractivity contribution in [2.75, 3.05) is 6.54 Å². The number of hydrogen-bond acceptors (Lipinski definition) is 4. The first-order chi connectivity index (χ1) is 8.33. The lowest BCUT2D eigenvalue weighted by molar-refractivity contribution is -0.0479. The minimum Gasteiger partial charge on any atom is -0.372 e. The second-order valence-corrected chi connectivity index (χ2v) is 7.21. The molecule has 1 saturated carbocycles. The van der Waals surface area contributed by atoms with Gasteiger partial charge in [-0.3, -0.25) is 11.7 Å². The SMILES string of the molecule is CC1(C)CCC(C2OC(C)(C)CC2CN)C1.NN.